The van der Waals surface area contributed by atoms with Crippen LogP contribution in [0.4, 0.5) is 0 Å². The van der Waals surface area contributed by atoms with E-state index < -0.39 is 8.32 Å². The van der Waals surface area contributed by atoms with Crippen LogP contribution >= 0.6 is 0 Å². The third-order valence-electron chi connectivity index (χ3n) is 4.05. The normalized spacial score (nSPS) is 25.6. The van der Waals surface area contributed by atoms with Crippen molar-refractivity contribution in [2.45, 2.75) is 51.7 Å². The van der Waals surface area contributed by atoms with Gasteiger partial charge in [0.15, 0.2) is 8.32 Å². The number of carbonyl (C=O) groups excluding carboxylic acids is 1. The van der Waals surface area contributed by atoms with Gasteiger partial charge in [0.2, 0.25) is 5.91 Å². The van der Waals surface area contributed by atoms with Gasteiger partial charge in [0.1, 0.15) is 0 Å². The third-order valence-corrected chi connectivity index (χ3v) is 8.58. The first-order valence-corrected chi connectivity index (χ1v) is 8.99. The second-order valence-corrected chi connectivity index (χ2v) is 11.2. The SMILES string of the molecule is CC(C)(C)[Si](C)(C)OCCC1CC1C(N)=O. The molecule has 16 heavy (non-hydrogen) atoms. The number of hydrogen-bond acceptors (Lipinski definition) is 2. The van der Waals surface area contributed by atoms with Gasteiger partial charge in [0.25, 0.3) is 0 Å². The summed E-state index contributed by atoms with van der Waals surface area (Å²) in [6, 6.07) is 0. The van der Waals surface area contributed by atoms with Crippen LogP contribution in [0, 0.1) is 11.8 Å². The molecule has 0 radical (unpaired) electrons. The van der Waals surface area contributed by atoms with Gasteiger partial charge in [-0.15, -0.1) is 0 Å². The summed E-state index contributed by atoms with van der Waals surface area (Å²) in [5, 5.41) is 0.264. The highest BCUT2D eigenvalue weighted by Crippen LogP contribution is 2.42. The Morgan fingerprint density at radius 1 is 1.44 bits per heavy atom. The van der Waals surface area contributed by atoms with Crippen LogP contribution in [-0.4, -0.2) is 20.8 Å². The first kappa shape index (κ1) is 13.7. The average molecular weight is 243 g/mol. The molecule has 94 valence electrons. The molecule has 1 aliphatic carbocycles. The molecule has 0 spiro atoms. The minimum atomic E-state index is -1.61. The minimum absolute atomic E-state index is 0.128. The number of hydrogen-bond donors (Lipinski definition) is 1. The maximum atomic E-state index is 10.9. The highest BCUT2D eigenvalue weighted by molar-refractivity contribution is 6.74. The molecule has 2 unspecified atom stereocenters. The van der Waals surface area contributed by atoms with E-state index in [0.29, 0.717) is 5.92 Å². The van der Waals surface area contributed by atoms with E-state index in [1.165, 1.54) is 0 Å². The van der Waals surface area contributed by atoms with Crippen LogP contribution in [0.15, 0.2) is 0 Å². The summed E-state index contributed by atoms with van der Waals surface area (Å²) in [7, 11) is -1.61. The van der Waals surface area contributed by atoms with Gasteiger partial charge in [-0.05, 0) is 36.9 Å². The van der Waals surface area contributed by atoms with Gasteiger partial charge >= 0.3 is 0 Å². The van der Waals surface area contributed by atoms with Crippen LogP contribution in [0.3, 0.4) is 0 Å². The summed E-state index contributed by atoms with van der Waals surface area (Å²) in [4.78, 5) is 10.9. The van der Waals surface area contributed by atoms with E-state index in [1.54, 1.807) is 0 Å². The lowest BCUT2D eigenvalue weighted by molar-refractivity contribution is -0.119. The molecular weight excluding hydrogens is 218 g/mol. The Kier molecular flexibility index (Phi) is 3.85. The highest BCUT2D eigenvalue weighted by atomic mass is 28.4. The van der Waals surface area contributed by atoms with Crippen molar-refractivity contribution < 1.29 is 9.22 Å². The Balaban J connectivity index is 2.24. The zero-order valence-corrected chi connectivity index (χ0v) is 12.2. The first-order chi connectivity index (χ1) is 7.15. The molecule has 0 aliphatic heterocycles. The van der Waals surface area contributed by atoms with Gasteiger partial charge in [0.05, 0.1) is 0 Å². The first-order valence-electron chi connectivity index (χ1n) is 6.08. The molecule has 0 aromatic heterocycles. The van der Waals surface area contributed by atoms with E-state index in [9.17, 15) is 4.79 Å². The zero-order valence-electron chi connectivity index (χ0n) is 11.2. The van der Waals surface area contributed by atoms with Crippen molar-refractivity contribution in [2.24, 2.45) is 17.6 Å². The Hall–Kier alpha value is -0.353. The largest absolute Gasteiger partial charge is 0.417 e. The number of amides is 1. The fourth-order valence-electron chi connectivity index (χ4n) is 1.60. The fraction of sp³-hybridized carbons (Fsp3) is 0.917. The lowest BCUT2D eigenvalue weighted by Gasteiger charge is -2.36. The zero-order chi connectivity index (χ0) is 12.6. The number of nitrogens with two attached hydrogens (primary N) is 1. The van der Waals surface area contributed by atoms with Crippen molar-refractivity contribution in [3.63, 3.8) is 0 Å². The molecule has 4 heteroatoms. The van der Waals surface area contributed by atoms with E-state index in [2.05, 4.69) is 33.9 Å². The topological polar surface area (TPSA) is 52.3 Å². The Bertz CT molecular complexity index is 271. The van der Waals surface area contributed by atoms with E-state index in [-0.39, 0.29) is 16.9 Å². The fourth-order valence-corrected chi connectivity index (χ4v) is 2.66. The van der Waals surface area contributed by atoms with E-state index in [0.717, 1.165) is 19.4 Å². The molecule has 2 N–H and O–H groups in total. The van der Waals surface area contributed by atoms with Crippen molar-refractivity contribution in [3.05, 3.63) is 0 Å². The molecule has 0 aromatic carbocycles. The quantitative estimate of drug-likeness (QED) is 0.754. The lowest BCUT2D eigenvalue weighted by Crippen LogP contribution is -2.41. The highest BCUT2D eigenvalue weighted by Gasteiger charge is 2.42. The van der Waals surface area contributed by atoms with Crippen LogP contribution in [0.25, 0.3) is 0 Å². The van der Waals surface area contributed by atoms with Gasteiger partial charge in [-0.1, -0.05) is 20.8 Å². The van der Waals surface area contributed by atoms with Crippen LogP contribution < -0.4 is 5.73 Å². The van der Waals surface area contributed by atoms with Gasteiger partial charge in [0, 0.05) is 12.5 Å². The van der Waals surface area contributed by atoms with Gasteiger partial charge in [-0.25, -0.2) is 0 Å². The monoisotopic (exact) mass is 243 g/mol. The van der Waals surface area contributed by atoms with Crippen molar-refractivity contribution in [1.29, 1.82) is 0 Å². The molecule has 0 heterocycles. The number of carbonyl (C=O) groups is 1. The van der Waals surface area contributed by atoms with Crippen LogP contribution in [0.2, 0.25) is 18.1 Å². The van der Waals surface area contributed by atoms with Crippen molar-refractivity contribution >= 4 is 14.2 Å². The van der Waals surface area contributed by atoms with Crippen molar-refractivity contribution in [1.82, 2.24) is 0 Å². The molecule has 1 rings (SSSR count). The minimum Gasteiger partial charge on any atom is -0.417 e. The number of primary amides is 1. The van der Waals surface area contributed by atoms with Gasteiger partial charge in [-0.3, -0.25) is 4.79 Å². The van der Waals surface area contributed by atoms with E-state index in [1.807, 2.05) is 0 Å². The summed E-state index contributed by atoms with van der Waals surface area (Å²) in [5.41, 5.74) is 5.24. The molecular formula is C12H25NO2Si. The second kappa shape index (κ2) is 4.49. The molecule has 1 amide bonds. The van der Waals surface area contributed by atoms with E-state index >= 15 is 0 Å². The summed E-state index contributed by atoms with van der Waals surface area (Å²) < 4.78 is 6.06. The van der Waals surface area contributed by atoms with Crippen molar-refractivity contribution in [2.75, 3.05) is 6.61 Å². The molecule has 1 aliphatic rings. The molecule has 2 atom stereocenters. The van der Waals surface area contributed by atoms with Gasteiger partial charge < -0.3 is 10.2 Å². The van der Waals surface area contributed by atoms with Crippen molar-refractivity contribution in [3.8, 4) is 0 Å². The summed E-state index contributed by atoms with van der Waals surface area (Å²) in [6.45, 7) is 12.0. The Morgan fingerprint density at radius 3 is 2.38 bits per heavy atom. The second-order valence-electron chi connectivity index (χ2n) is 6.40. The van der Waals surface area contributed by atoms with E-state index in [4.69, 9.17) is 10.2 Å². The number of rotatable bonds is 5. The third kappa shape index (κ3) is 3.32. The predicted molar refractivity (Wildman–Crippen MR) is 68.6 cm³/mol. The van der Waals surface area contributed by atoms with Crippen LogP contribution in [0.1, 0.15) is 33.6 Å². The Labute approximate surface area is 99.9 Å². The van der Waals surface area contributed by atoms with Crippen LogP contribution in [-0.2, 0) is 9.22 Å². The van der Waals surface area contributed by atoms with Gasteiger partial charge in [-0.2, -0.15) is 0 Å². The van der Waals surface area contributed by atoms with Crippen LogP contribution in [0.5, 0.6) is 0 Å². The smallest absolute Gasteiger partial charge is 0.220 e. The summed E-state index contributed by atoms with van der Waals surface area (Å²) in [5.74, 6) is 0.475. The molecule has 1 fully saturated rings. The molecule has 0 bridgehead atoms. The molecule has 3 nitrogen and oxygen atoms in total. The molecule has 0 aromatic rings. The Morgan fingerprint density at radius 2 is 2.00 bits per heavy atom. The lowest BCUT2D eigenvalue weighted by atomic mass is 10.2. The molecule has 0 saturated heterocycles. The maximum absolute atomic E-state index is 10.9. The summed E-state index contributed by atoms with van der Waals surface area (Å²) >= 11 is 0. The molecule has 1 saturated carbocycles. The standard InChI is InChI=1S/C12H25NO2Si/c1-12(2,3)16(4,5)15-7-6-9-8-10(9)11(13)14/h9-10H,6-8H2,1-5H3,(H2,13,14). The summed E-state index contributed by atoms with van der Waals surface area (Å²) in [6.07, 6.45) is 1.95. The predicted octanol–water partition coefficient (Wildman–Crippen LogP) is 2.52. The average Bonchev–Trinajstić information content (AvgIpc) is 2.81. The maximum Gasteiger partial charge on any atom is 0.220 e.